The summed E-state index contributed by atoms with van der Waals surface area (Å²) in [6, 6.07) is 12.5. The number of benzene rings is 2. The van der Waals surface area contributed by atoms with Crippen LogP contribution in [0.25, 0.3) is 0 Å². The van der Waals surface area contributed by atoms with Crippen molar-refractivity contribution in [3.8, 4) is 0 Å². The van der Waals surface area contributed by atoms with E-state index in [4.69, 9.17) is 10.2 Å². The SMILES string of the molecule is O=C(O)c1ccc(CS(=O)Cc2ccc(C(=O)O)cc2)cc1. The van der Waals surface area contributed by atoms with Crippen LogP contribution >= 0.6 is 0 Å². The molecule has 0 aliphatic carbocycles. The molecule has 0 saturated heterocycles. The molecular weight excluding hydrogens is 304 g/mol. The second kappa shape index (κ2) is 7.00. The Morgan fingerprint density at radius 2 is 1.05 bits per heavy atom. The largest absolute Gasteiger partial charge is 0.478 e. The summed E-state index contributed by atoms with van der Waals surface area (Å²) in [5.74, 6) is -1.35. The van der Waals surface area contributed by atoms with Gasteiger partial charge in [-0.3, -0.25) is 4.21 Å². The van der Waals surface area contributed by atoms with E-state index in [-0.39, 0.29) is 11.1 Å². The highest BCUT2D eigenvalue weighted by atomic mass is 32.2. The van der Waals surface area contributed by atoms with Gasteiger partial charge in [0.15, 0.2) is 0 Å². The smallest absolute Gasteiger partial charge is 0.335 e. The molecule has 0 atom stereocenters. The molecule has 0 fully saturated rings. The van der Waals surface area contributed by atoms with E-state index in [2.05, 4.69) is 0 Å². The molecule has 0 aliphatic rings. The van der Waals surface area contributed by atoms with Gasteiger partial charge in [-0.2, -0.15) is 0 Å². The summed E-state index contributed by atoms with van der Waals surface area (Å²) in [5, 5.41) is 17.6. The average molecular weight is 318 g/mol. The topological polar surface area (TPSA) is 91.7 Å². The van der Waals surface area contributed by atoms with Gasteiger partial charge in [0.25, 0.3) is 0 Å². The molecule has 6 heteroatoms. The predicted molar refractivity (Wildman–Crippen MR) is 82.4 cm³/mol. The lowest BCUT2D eigenvalue weighted by Gasteiger charge is -2.04. The van der Waals surface area contributed by atoms with Crippen LogP contribution in [-0.4, -0.2) is 26.4 Å². The van der Waals surface area contributed by atoms with E-state index in [1.165, 1.54) is 24.3 Å². The maximum Gasteiger partial charge on any atom is 0.335 e. The molecule has 0 saturated carbocycles. The first-order chi connectivity index (χ1) is 10.5. The zero-order chi connectivity index (χ0) is 16.1. The summed E-state index contributed by atoms with van der Waals surface area (Å²) in [6.07, 6.45) is 0. The van der Waals surface area contributed by atoms with Crippen LogP contribution < -0.4 is 0 Å². The van der Waals surface area contributed by atoms with Gasteiger partial charge in [0, 0.05) is 22.3 Å². The minimum absolute atomic E-state index is 0.193. The van der Waals surface area contributed by atoms with Crippen LogP contribution in [0.4, 0.5) is 0 Å². The third-order valence-corrected chi connectivity index (χ3v) is 4.37. The van der Waals surface area contributed by atoms with E-state index in [0.717, 1.165) is 11.1 Å². The van der Waals surface area contributed by atoms with Crippen molar-refractivity contribution in [1.82, 2.24) is 0 Å². The Morgan fingerprint density at radius 1 is 0.727 bits per heavy atom. The maximum absolute atomic E-state index is 12.1. The lowest BCUT2D eigenvalue weighted by molar-refractivity contribution is 0.0686. The molecule has 22 heavy (non-hydrogen) atoms. The fourth-order valence-electron chi connectivity index (χ4n) is 1.91. The molecular formula is C16H14O5S. The van der Waals surface area contributed by atoms with E-state index in [1.54, 1.807) is 24.3 Å². The first kappa shape index (κ1) is 15.9. The van der Waals surface area contributed by atoms with Gasteiger partial charge in [-0.25, -0.2) is 9.59 Å². The lowest BCUT2D eigenvalue weighted by atomic mass is 10.1. The zero-order valence-corrected chi connectivity index (χ0v) is 12.4. The van der Waals surface area contributed by atoms with Crippen molar-refractivity contribution in [3.05, 3.63) is 70.8 Å². The highest BCUT2D eigenvalue weighted by Gasteiger charge is 2.07. The Balaban J connectivity index is 1.97. The Bertz CT molecular complexity index is 643. The second-order valence-electron chi connectivity index (χ2n) is 4.73. The summed E-state index contributed by atoms with van der Waals surface area (Å²) in [5.41, 5.74) is 1.98. The van der Waals surface area contributed by atoms with E-state index in [0.29, 0.717) is 11.5 Å². The Hall–Kier alpha value is -2.47. The molecule has 2 N–H and O–H groups in total. The third kappa shape index (κ3) is 4.26. The molecule has 0 spiro atoms. The molecule has 0 aromatic heterocycles. The van der Waals surface area contributed by atoms with Crippen molar-refractivity contribution in [2.45, 2.75) is 11.5 Å². The van der Waals surface area contributed by atoms with Gasteiger partial charge in [-0.15, -0.1) is 0 Å². The minimum atomic E-state index is -1.15. The van der Waals surface area contributed by atoms with Crippen LogP contribution in [0, 0.1) is 0 Å². The van der Waals surface area contributed by atoms with Crippen LogP contribution in [0.2, 0.25) is 0 Å². The number of carboxylic acids is 2. The molecule has 2 aromatic rings. The van der Waals surface area contributed by atoms with Gasteiger partial charge in [0.2, 0.25) is 0 Å². The minimum Gasteiger partial charge on any atom is -0.478 e. The van der Waals surface area contributed by atoms with Crippen molar-refractivity contribution in [2.75, 3.05) is 0 Å². The van der Waals surface area contributed by atoms with E-state index < -0.39 is 22.7 Å². The van der Waals surface area contributed by atoms with Crippen molar-refractivity contribution in [1.29, 1.82) is 0 Å². The van der Waals surface area contributed by atoms with Gasteiger partial charge >= 0.3 is 11.9 Å². The van der Waals surface area contributed by atoms with Crippen molar-refractivity contribution < 1.29 is 24.0 Å². The van der Waals surface area contributed by atoms with E-state index in [1.807, 2.05) is 0 Å². The summed E-state index contributed by atoms with van der Waals surface area (Å²) in [7, 11) is -1.15. The Kier molecular flexibility index (Phi) is 5.06. The quantitative estimate of drug-likeness (QED) is 0.854. The number of aromatic carboxylic acids is 2. The van der Waals surface area contributed by atoms with E-state index in [9.17, 15) is 13.8 Å². The average Bonchev–Trinajstić information content (AvgIpc) is 2.48. The summed E-state index contributed by atoms with van der Waals surface area (Å²) in [4.78, 5) is 21.5. The van der Waals surface area contributed by atoms with Crippen molar-refractivity contribution in [2.24, 2.45) is 0 Å². The number of carboxylic acid groups (broad SMARTS) is 2. The molecule has 0 bridgehead atoms. The molecule has 2 rings (SSSR count). The standard InChI is InChI=1S/C16H14O5S/c17-15(18)13-5-1-11(2-6-13)9-22(21)10-12-3-7-14(8-4-12)16(19)20/h1-8H,9-10H2,(H,17,18)(H,19,20). The van der Waals surface area contributed by atoms with Gasteiger partial charge in [-0.1, -0.05) is 24.3 Å². The van der Waals surface area contributed by atoms with Crippen LogP contribution in [0.5, 0.6) is 0 Å². The molecule has 2 aromatic carbocycles. The number of hydrogen-bond acceptors (Lipinski definition) is 3. The lowest BCUT2D eigenvalue weighted by Crippen LogP contribution is -2.02. The molecule has 0 radical (unpaired) electrons. The maximum atomic E-state index is 12.1. The number of carbonyl (C=O) groups is 2. The third-order valence-electron chi connectivity index (χ3n) is 3.06. The van der Waals surface area contributed by atoms with Crippen molar-refractivity contribution >= 4 is 22.7 Å². The molecule has 5 nitrogen and oxygen atoms in total. The predicted octanol–water partition coefficient (Wildman–Crippen LogP) is 2.53. The molecule has 0 amide bonds. The summed E-state index contributed by atoms with van der Waals surface area (Å²) >= 11 is 0. The summed E-state index contributed by atoms with van der Waals surface area (Å²) in [6.45, 7) is 0. The molecule has 114 valence electrons. The first-order valence-electron chi connectivity index (χ1n) is 6.45. The van der Waals surface area contributed by atoms with Crippen LogP contribution in [0.1, 0.15) is 31.8 Å². The van der Waals surface area contributed by atoms with Crippen LogP contribution in [0.3, 0.4) is 0 Å². The van der Waals surface area contributed by atoms with Crippen LogP contribution in [-0.2, 0) is 22.3 Å². The molecule has 0 unspecified atom stereocenters. The van der Waals surface area contributed by atoms with Gasteiger partial charge in [0.1, 0.15) is 0 Å². The highest BCUT2D eigenvalue weighted by Crippen LogP contribution is 2.12. The Labute approximate surface area is 129 Å². The van der Waals surface area contributed by atoms with Crippen LogP contribution in [0.15, 0.2) is 48.5 Å². The zero-order valence-electron chi connectivity index (χ0n) is 11.6. The highest BCUT2D eigenvalue weighted by molar-refractivity contribution is 7.83. The fourth-order valence-corrected chi connectivity index (χ4v) is 3.14. The Morgan fingerprint density at radius 3 is 1.32 bits per heavy atom. The normalized spacial score (nSPS) is 10.6. The number of hydrogen-bond donors (Lipinski definition) is 2. The van der Waals surface area contributed by atoms with Crippen molar-refractivity contribution in [3.63, 3.8) is 0 Å². The van der Waals surface area contributed by atoms with Gasteiger partial charge in [0.05, 0.1) is 11.1 Å². The monoisotopic (exact) mass is 318 g/mol. The fraction of sp³-hybridized carbons (Fsp3) is 0.125. The second-order valence-corrected chi connectivity index (χ2v) is 6.19. The summed E-state index contributed by atoms with van der Waals surface area (Å²) < 4.78 is 12.1. The number of rotatable bonds is 6. The molecule has 0 aliphatic heterocycles. The van der Waals surface area contributed by atoms with E-state index >= 15 is 0 Å². The first-order valence-corrected chi connectivity index (χ1v) is 7.94. The van der Waals surface area contributed by atoms with Gasteiger partial charge < -0.3 is 10.2 Å². The molecule has 0 heterocycles. The van der Waals surface area contributed by atoms with Gasteiger partial charge in [-0.05, 0) is 35.4 Å².